The molecule has 0 aliphatic rings. The highest BCUT2D eigenvalue weighted by Crippen LogP contribution is 2.30. The van der Waals surface area contributed by atoms with Crippen LogP contribution in [0.1, 0.15) is 11.8 Å². The maximum absolute atomic E-state index is 12.2. The van der Waals surface area contributed by atoms with Crippen LogP contribution < -0.4 is 15.4 Å². The molecule has 0 spiro atoms. The maximum Gasteiger partial charge on any atom is 0.264 e. The molecule has 2 aromatic heterocycles. The predicted octanol–water partition coefficient (Wildman–Crippen LogP) is 4.68. The molecule has 4 rings (SSSR count). The van der Waals surface area contributed by atoms with E-state index >= 15 is 0 Å². The van der Waals surface area contributed by atoms with Crippen molar-refractivity contribution in [3.63, 3.8) is 0 Å². The average molecular weight is 438 g/mol. The summed E-state index contributed by atoms with van der Waals surface area (Å²) >= 11 is 2.92. The zero-order valence-corrected chi connectivity index (χ0v) is 17.8. The van der Waals surface area contributed by atoms with Crippen molar-refractivity contribution < 1.29 is 14.3 Å². The minimum Gasteiger partial charge on any atom is -0.484 e. The number of nitrogens with zero attached hydrogens (tertiary/aromatic N) is 1. The average Bonchev–Trinajstić information content (AvgIpc) is 3.40. The van der Waals surface area contributed by atoms with Crippen LogP contribution in [0.5, 0.6) is 5.75 Å². The summed E-state index contributed by atoms with van der Waals surface area (Å²) < 4.78 is 5.62. The lowest BCUT2D eigenvalue weighted by Crippen LogP contribution is -2.20. The van der Waals surface area contributed by atoms with Crippen molar-refractivity contribution in [2.24, 2.45) is 0 Å². The normalized spacial score (nSPS) is 10.7. The molecule has 0 aliphatic heterocycles. The first-order chi connectivity index (χ1) is 14.6. The number of nitrogens with one attached hydrogen (secondary N) is 2. The summed E-state index contributed by atoms with van der Waals surface area (Å²) in [6.07, 6.45) is 0. The second-order valence-electron chi connectivity index (χ2n) is 6.56. The number of ether oxygens (including phenoxy) is 1. The second kappa shape index (κ2) is 9.06. The van der Waals surface area contributed by atoms with Crippen LogP contribution in [0, 0.1) is 0 Å². The summed E-state index contributed by atoms with van der Waals surface area (Å²) in [5, 5.41) is 10.2. The Labute approximate surface area is 181 Å². The summed E-state index contributed by atoms with van der Waals surface area (Å²) in [4.78, 5) is 29.8. The highest BCUT2D eigenvalue weighted by atomic mass is 32.1. The van der Waals surface area contributed by atoms with Crippen LogP contribution in [0.3, 0.4) is 0 Å². The molecule has 4 aromatic rings. The lowest BCUT2D eigenvalue weighted by molar-refractivity contribution is -0.119. The number of carbonyl (C=O) groups excluding carboxylic acids is 2. The van der Waals surface area contributed by atoms with Gasteiger partial charge in [0.05, 0.1) is 17.1 Å². The molecule has 8 heteroatoms. The van der Waals surface area contributed by atoms with Gasteiger partial charge in [-0.2, -0.15) is 0 Å². The molecule has 2 N–H and O–H groups in total. The van der Waals surface area contributed by atoms with Gasteiger partial charge in [0.15, 0.2) is 11.7 Å². The minimum atomic E-state index is -0.262. The summed E-state index contributed by atoms with van der Waals surface area (Å²) in [6.45, 7) is 1.90. The van der Waals surface area contributed by atoms with Crippen molar-refractivity contribution in [1.29, 1.82) is 0 Å². The number of hydrogen-bond donors (Lipinski definition) is 2. The molecule has 0 bridgehead atoms. The summed E-state index contributed by atoms with van der Waals surface area (Å²) in [7, 11) is 0. The van der Waals surface area contributed by atoms with Gasteiger partial charge in [-0.3, -0.25) is 14.9 Å². The van der Waals surface area contributed by atoms with Crippen molar-refractivity contribution in [3.05, 3.63) is 64.9 Å². The molecule has 0 aliphatic carbocycles. The highest BCUT2D eigenvalue weighted by molar-refractivity contribution is 7.17. The van der Waals surface area contributed by atoms with Gasteiger partial charge in [0.2, 0.25) is 5.91 Å². The largest absolute Gasteiger partial charge is 0.484 e. The summed E-state index contributed by atoms with van der Waals surface area (Å²) in [6, 6.07) is 17.7. The summed E-state index contributed by atoms with van der Waals surface area (Å²) in [5.41, 5.74) is 0.796. The van der Waals surface area contributed by atoms with Crippen molar-refractivity contribution >= 4 is 50.4 Å². The number of fused-ring (bicyclic) bond motifs is 1. The molecule has 0 unspecified atom stereocenters. The van der Waals surface area contributed by atoms with Crippen LogP contribution >= 0.6 is 22.7 Å². The molecule has 0 atom stereocenters. The van der Waals surface area contributed by atoms with E-state index in [1.807, 2.05) is 60.0 Å². The Balaban J connectivity index is 1.32. The van der Waals surface area contributed by atoms with Crippen molar-refractivity contribution in [1.82, 2.24) is 10.3 Å². The fourth-order valence-electron chi connectivity index (χ4n) is 2.83. The van der Waals surface area contributed by atoms with Crippen LogP contribution in [0.25, 0.3) is 21.3 Å². The number of benzene rings is 2. The molecule has 2 amide bonds. The first kappa shape index (κ1) is 20.1. The van der Waals surface area contributed by atoms with Crippen LogP contribution in [0.2, 0.25) is 0 Å². The second-order valence-corrected chi connectivity index (χ2v) is 8.59. The number of thiazole rings is 1. The van der Waals surface area contributed by atoms with E-state index in [2.05, 4.69) is 15.6 Å². The first-order valence-electron chi connectivity index (χ1n) is 9.27. The Morgan fingerprint density at radius 3 is 2.73 bits per heavy atom. The Morgan fingerprint density at radius 1 is 1.07 bits per heavy atom. The van der Waals surface area contributed by atoms with Crippen LogP contribution in [0.15, 0.2) is 60.0 Å². The fraction of sp³-hybridized carbons (Fsp3) is 0.136. The molecule has 2 heterocycles. The SMILES string of the molecule is CC(=O)NCc1ccc(-c2csc(NC(=O)COc3ccc4ccccc4c3)n2)s1. The Morgan fingerprint density at radius 2 is 1.90 bits per heavy atom. The quantitative estimate of drug-likeness (QED) is 0.440. The van der Waals surface area contributed by atoms with Crippen LogP contribution in [-0.2, 0) is 16.1 Å². The van der Waals surface area contributed by atoms with Gasteiger partial charge in [0.25, 0.3) is 5.91 Å². The van der Waals surface area contributed by atoms with Crippen LogP contribution in [0.4, 0.5) is 5.13 Å². The van der Waals surface area contributed by atoms with Gasteiger partial charge < -0.3 is 10.1 Å². The van der Waals surface area contributed by atoms with Crippen LogP contribution in [-0.4, -0.2) is 23.4 Å². The molecular weight excluding hydrogens is 418 g/mol. The summed E-state index contributed by atoms with van der Waals surface area (Å²) in [5.74, 6) is 0.324. The van der Waals surface area contributed by atoms with Gasteiger partial charge in [-0.1, -0.05) is 30.3 Å². The van der Waals surface area contributed by atoms with E-state index in [-0.39, 0.29) is 18.4 Å². The van der Waals surface area contributed by atoms with E-state index in [9.17, 15) is 9.59 Å². The number of carbonyl (C=O) groups is 2. The Kier molecular flexibility index (Phi) is 6.06. The standard InChI is InChI=1S/C22H19N3O3S2/c1-14(26)23-11-18-8-9-20(30-18)19-13-29-22(24-19)25-21(27)12-28-17-7-6-15-4-2-3-5-16(15)10-17/h2-10,13H,11-12H2,1H3,(H,23,26)(H,24,25,27). The number of aromatic nitrogens is 1. The molecule has 30 heavy (non-hydrogen) atoms. The number of amides is 2. The number of anilines is 1. The maximum atomic E-state index is 12.2. The zero-order chi connectivity index (χ0) is 20.9. The third-order valence-corrected chi connectivity index (χ3v) is 6.13. The molecular formula is C22H19N3O3S2. The number of thiophene rings is 1. The first-order valence-corrected chi connectivity index (χ1v) is 11.0. The Hall–Kier alpha value is -3.23. The third kappa shape index (κ3) is 5.03. The molecule has 6 nitrogen and oxygen atoms in total. The van der Waals surface area contributed by atoms with E-state index in [0.29, 0.717) is 17.4 Å². The number of rotatable bonds is 7. The number of hydrogen-bond acceptors (Lipinski definition) is 6. The predicted molar refractivity (Wildman–Crippen MR) is 121 cm³/mol. The highest BCUT2D eigenvalue weighted by Gasteiger charge is 2.11. The van der Waals surface area contributed by atoms with E-state index in [0.717, 1.165) is 26.2 Å². The Bertz CT molecular complexity index is 1200. The molecule has 0 fully saturated rings. The molecule has 0 saturated carbocycles. The smallest absolute Gasteiger partial charge is 0.264 e. The van der Waals surface area contributed by atoms with Crippen molar-refractivity contribution in [2.75, 3.05) is 11.9 Å². The van der Waals surface area contributed by atoms with Gasteiger partial charge in [0, 0.05) is 17.2 Å². The van der Waals surface area contributed by atoms with E-state index in [4.69, 9.17) is 4.74 Å². The molecule has 152 valence electrons. The van der Waals surface area contributed by atoms with Gasteiger partial charge >= 0.3 is 0 Å². The van der Waals surface area contributed by atoms with Gasteiger partial charge in [-0.15, -0.1) is 22.7 Å². The van der Waals surface area contributed by atoms with E-state index in [1.54, 1.807) is 11.3 Å². The van der Waals surface area contributed by atoms with Gasteiger partial charge in [-0.05, 0) is 35.0 Å². The van der Waals surface area contributed by atoms with E-state index in [1.165, 1.54) is 18.3 Å². The molecule has 0 radical (unpaired) electrons. The zero-order valence-electron chi connectivity index (χ0n) is 16.2. The molecule has 0 saturated heterocycles. The van der Waals surface area contributed by atoms with Gasteiger partial charge in [-0.25, -0.2) is 4.98 Å². The molecule has 2 aromatic carbocycles. The topological polar surface area (TPSA) is 80.3 Å². The van der Waals surface area contributed by atoms with Gasteiger partial charge in [0.1, 0.15) is 5.75 Å². The third-order valence-electron chi connectivity index (χ3n) is 4.27. The monoisotopic (exact) mass is 437 g/mol. The van der Waals surface area contributed by atoms with E-state index < -0.39 is 0 Å². The lowest BCUT2D eigenvalue weighted by Gasteiger charge is -2.07. The minimum absolute atomic E-state index is 0.0606. The fourth-order valence-corrected chi connectivity index (χ4v) is 4.54. The van der Waals surface area contributed by atoms with Crippen molar-refractivity contribution in [2.45, 2.75) is 13.5 Å². The van der Waals surface area contributed by atoms with Crippen molar-refractivity contribution in [3.8, 4) is 16.3 Å². The lowest BCUT2D eigenvalue weighted by atomic mass is 10.1.